The van der Waals surface area contributed by atoms with E-state index in [1.54, 1.807) is 0 Å². The first-order valence-electron chi connectivity index (χ1n) is 5.46. The fraction of sp³-hybridized carbons (Fsp3) is 0.455. The Balaban J connectivity index is 1.87. The molecule has 5 nitrogen and oxygen atoms in total. The molecule has 2 N–H and O–H groups in total. The average molecular weight is 239 g/mol. The Morgan fingerprint density at radius 3 is 3.29 bits per heavy atom. The molecule has 6 heteroatoms. The van der Waals surface area contributed by atoms with Crippen LogP contribution in [0, 0.1) is 5.82 Å². The van der Waals surface area contributed by atoms with Crippen molar-refractivity contribution in [3.8, 4) is 0 Å². The van der Waals surface area contributed by atoms with Crippen LogP contribution in [-0.2, 0) is 4.74 Å². The summed E-state index contributed by atoms with van der Waals surface area (Å²) in [5.74, 6) is -1.05. The van der Waals surface area contributed by atoms with Crippen LogP contribution in [-0.4, -0.2) is 43.2 Å². The van der Waals surface area contributed by atoms with Gasteiger partial charge in [0.1, 0.15) is 0 Å². The molecule has 0 aliphatic carbocycles. The highest BCUT2D eigenvalue weighted by molar-refractivity contribution is 5.94. The predicted octanol–water partition coefficient (Wildman–Crippen LogP) is -0.0611. The lowest BCUT2D eigenvalue weighted by Gasteiger charge is -2.23. The number of carbonyl (C=O) groups is 1. The molecule has 0 radical (unpaired) electrons. The van der Waals surface area contributed by atoms with Gasteiger partial charge in [0.05, 0.1) is 25.0 Å². The molecule has 2 heterocycles. The van der Waals surface area contributed by atoms with E-state index in [1.807, 2.05) is 0 Å². The summed E-state index contributed by atoms with van der Waals surface area (Å²) in [4.78, 5) is 15.3. The molecule has 2 rings (SSSR count). The van der Waals surface area contributed by atoms with E-state index in [0.717, 1.165) is 12.7 Å². The molecule has 1 atom stereocenters. The Labute approximate surface area is 98.4 Å². The van der Waals surface area contributed by atoms with E-state index in [0.29, 0.717) is 19.8 Å². The summed E-state index contributed by atoms with van der Waals surface area (Å²) in [6.07, 6.45) is 2.41. The zero-order valence-corrected chi connectivity index (χ0v) is 9.28. The maximum Gasteiger partial charge on any atom is 0.254 e. The van der Waals surface area contributed by atoms with Gasteiger partial charge in [0.25, 0.3) is 5.91 Å². The van der Waals surface area contributed by atoms with Crippen molar-refractivity contribution in [3.05, 3.63) is 29.8 Å². The Hall–Kier alpha value is -1.53. The van der Waals surface area contributed by atoms with Gasteiger partial charge < -0.3 is 15.4 Å². The second-order valence-electron chi connectivity index (χ2n) is 3.79. The van der Waals surface area contributed by atoms with Crippen molar-refractivity contribution in [2.24, 2.45) is 0 Å². The van der Waals surface area contributed by atoms with Crippen molar-refractivity contribution >= 4 is 5.91 Å². The minimum absolute atomic E-state index is 0.0109. The van der Waals surface area contributed by atoms with Crippen LogP contribution in [0.25, 0.3) is 0 Å². The lowest BCUT2D eigenvalue weighted by Crippen LogP contribution is -2.48. The first-order chi connectivity index (χ1) is 8.27. The van der Waals surface area contributed by atoms with Crippen LogP contribution >= 0.6 is 0 Å². The van der Waals surface area contributed by atoms with Gasteiger partial charge in [-0.05, 0) is 6.07 Å². The van der Waals surface area contributed by atoms with Gasteiger partial charge in [0.15, 0.2) is 5.82 Å². The molecule has 1 aliphatic heterocycles. The maximum absolute atomic E-state index is 13.2. The highest BCUT2D eigenvalue weighted by atomic mass is 19.1. The Morgan fingerprint density at radius 2 is 2.59 bits per heavy atom. The first kappa shape index (κ1) is 11.9. The third kappa shape index (κ3) is 3.21. The molecule has 1 fully saturated rings. The fourth-order valence-electron chi connectivity index (χ4n) is 1.62. The van der Waals surface area contributed by atoms with Gasteiger partial charge in [0, 0.05) is 25.3 Å². The molecule has 0 saturated carbocycles. The molecule has 17 heavy (non-hydrogen) atoms. The lowest BCUT2D eigenvalue weighted by atomic mass is 10.2. The van der Waals surface area contributed by atoms with E-state index >= 15 is 0 Å². The number of nitrogens with one attached hydrogen (secondary N) is 2. The summed E-state index contributed by atoms with van der Waals surface area (Å²) < 4.78 is 18.5. The molecule has 1 aliphatic rings. The summed E-state index contributed by atoms with van der Waals surface area (Å²) in [6.45, 7) is 2.42. The molecular weight excluding hydrogens is 225 g/mol. The molecule has 1 aromatic heterocycles. The lowest BCUT2D eigenvalue weighted by molar-refractivity contribution is 0.0734. The van der Waals surface area contributed by atoms with Gasteiger partial charge in [-0.1, -0.05) is 0 Å². The number of pyridine rings is 1. The molecule has 1 amide bonds. The first-order valence-corrected chi connectivity index (χ1v) is 5.46. The molecule has 92 valence electrons. The summed E-state index contributed by atoms with van der Waals surface area (Å²) in [6, 6.07) is 1.44. The van der Waals surface area contributed by atoms with Gasteiger partial charge in [0.2, 0.25) is 0 Å². The fourth-order valence-corrected chi connectivity index (χ4v) is 1.62. The molecule has 1 saturated heterocycles. The van der Waals surface area contributed by atoms with Crippen LogP contribution in [0.4, 0.5) is 4.39 Å². The monoisotopic (exact) mass is 239 g/mol. The normalized spacial score (nSPS) is 19.9. The quantitative estimate of drug-likeness (QED) is 0.775. The van der Waals surface area contributed by atoms with Gasteiger partial charge in [-0.25, -0.2) is 4.39 Å². The summed E-state index contributed by atoms with van der Waals surface area (Å²) in [5, 5.41) is 5.85. The standard InChI is InChI=1S/C11H14FN3O2/c12-10-6-13-2-1-9(10)11(16)15-5-8-7-17-4-3-14-8/h1-2,6,8,14H,3-5,7H2,(H,15,16). The van der Waals surface area contributed by atoms with Crippen LogP contribution < -0.4 is 10.6 Å². The van der Waals surface area contributed by atoms with Gasteiger partial charge >= 0.3 is 0 Å². The number of amides is 1. The second-order valence-corrected chi connectivity index (χ2v) is 3.79. The van der Waals surface area contributed by atoms with E-state index in [-0.39, 0.29) is 11.6 Å². The average Bonchev–Trinajstić information content (AvgIpc) is 2.38. The molecule has 0 aromatic carbocycles. The third-order valence-corrected chi connectivity index (χ3v) is 2.52. The van der Waals surface area contributed by atoms with Crippen LogP contribution in [0.5, 0.6) is 0 Å². The van der Waals surface area contributed by atoms with E-state index in [1.165, 1.54) is 12.3 Å². The molecule has 1 aromatic rings. The van der Waals surface area contributed by atoms with E-state index < -0.39 is 11.7 Å². The predicted molar refractivity (Wildman–Crippen MR) is 59.1 cm³/mol. The minimum atomic E-state index is -0.613. The molecule has 0 bridgehead atoms. The van der Waals surface area contributed by atoms with Crippen LogP contribution in [0.2, 0.25) is 0 Å². The summed E-state index contributed by atoms with van der Waals surface area (Å²) in [7, 11) is 0. The van der Waals surface area contributed by atoms with Crippen LogP contribution in [0.15, 0.2) is 18.5 Å². The number of morpholine rings is 1. The summed E-state index contributed by atoms with van der Waals surface area (Å²) >= 11 is 0. The Kier molecular flexibility index (Phi) is 4.00. The van der Waals surface area contributed by atoms with Gasteiger partial charge in [-0.3, -0.25) is 9.78 Å². The number of hydrogen-bond donors (Lipinski definition) is 2. The van der Waals surface area contributed by atoms with Crippen molar-refractivity contribution < 1.29 is 13.9 Å². The summed E-state index contributed by atoms with van der Waals surface area (Å²) in [5.41, 5.74) is 0.0109. The van der Waals surface area contributed by atoms with Crippen molar-refractivity contribution in [1.82, 2.24) is 15.6 Å². The van der Waals surface area contributed by atoms with Crippen molar-refractivity contribution in [3.63, 3.8) is 0 Å². The molecular formula is C11H14FN3O2. The molecule has 1 unspecified atom stereocenters. The van der Waals surface area contributed by atoms with Crippen molar-refractivity contribution in [1.29, 1.82) is 0 Å². The second kappa shape index (κ2) is 5.70. The smallest absolute Gasteiger partial charge is 0.254 e. The van der Waals surface area contributed by atoms with Crippen molar-refractivity contribution in [2.75, 3.05) is 26.3 Å². The third-order valence-electron chi connectivity index (χ3n) is 2.52. The number of rotatable bonds is 3. The number of halogens is 1. The van der Waals surface area contributed by atoms with E-state index in [2.05, 4.69) is 15.6 Å². The Morgan fingerprint density at radius 1 is 1.71 bits per heavy atom. The number of hydrogen-bond acceptors (Lipinski definition) is 4. The Bertz CT molecular complexity index is 394. The number of carbonyl (C=O) groups excluding carboxylic acids is 1. The highest BCUT2D eigenvalue weighted by Gasteiger charge is 2.16. The number of ether oxygens (including phenoxy) is 1. The number of nitrogens with zero attached hydrogens (tertiary/aromatic N) is 1. The largest absolute Gasteiger partial charge is 0.378 e. The maximum atomic E-state index is 13.2. The highest BCUT2D eigenvalue weighted by Crippen LogP contribution is 2.03. The zero-order chi connectivity index (χ0) is 12.1. The SMILES string of the molecule is O=C(NCC1COCCN1)c1ccncc1F. The van der Waals surface area contributed by atoms with Crippen molar-refractivity contribution in [2.45, 2.75) is 6.04 Å². The topological polar surface area (TPSA) is 63.2 Å². The molecule has 0 spiro atoms. The van der Waals surface area contributed by atoms with Crippen LogP contribution in [0.1, 0.15) is 10.4 Å². The zero-order valence-electron chi connectivity index (χ0n) is 9.28. The minimum Gasteiger partial charge on any atom is -0.378 e. The van der Waals surface area contributed by atoms with Gasteiger partial charge in [-0.15, -0.1) is 0 Å². The van der Waals surface area contributed by atoms with E-state index in [4.69, 9.17) is 4.74 Å². The van der Waals surface area contributed by atoms with Gasteiger partial charge in [-0.2, -0.15) is 0 Å². The van der Waals surface area contributed by atoms with Crippen LogP contribution in [0.3, 0.4) is 0 Å². The number of aromatic nitrogens is 1. The van der Waals surface area contributed by atoms with E-state index in [9.17, 15) is 9.18 Å².